The Hall–Kier alpha value is -14.6. The van der Waals surface area contributed by atoms with E-state index < -0.39 is 267 Å². The fraction of sp³-hybridized carbons (Fsp3) is 0.444. The molecule has 51 heteroatoms. The number of primary amides is 3. The second-order valence-electron chi connectivity index (χ2n) is 30.7. The van der Waals surface area contributed by atoms with Gasteiger partial charge in [0, 0.05) is 116 Å². The van der Waals surface area contributed by atoms with Crippen molar-refractivity contribution in [2.75, 3.05) is 31.1 Å². The lowest BCUT2D eigenvalue weighted by molar-refractivity contribution is -0.141. The number of imidazole rings is 1. The van der Waals surface area contributed by atoms with Crippen molar-refractivity contribution < 1.29 is 107 Å². The van der Waals surface area contributed by atoms with Crippen molar-refractivity contribution in [3.05, 3.63) is 120 Å². The second-order valence-corrected chi connectivity index (χ2v) is 31.4. The maximum atomic E-state index is 15.3. The molecule has 0 aliphatic rings. The van der Waals surface area contributed by atoms with E-state index >= 15 is 9.59 Å². The number of rotatable bonds is 56. The summed E-state index contributed by atoms with van der Waals surface area (Å²) in [6.45, 7) is 2.32. The van der Waals surface area contributed by atoms with Crippen molar-refractivity contribution in [3.63, 3.8) is 0 Å². The first-order valence-electron chi connectivity index (χ1n) is 41.4. The summed E-state index contributed by atoms with van der Waals surface area (Å²) in [4.78, 5) is 261. The molecule has 0 saturated heterocycles. The van der Waals surface area contributed by atoms with Gasteiger partial charge in [-0.3, -0.25) is 97.1 Å². The molecule has 3 aromatic heterocycles. The van der Waals surface area contributed by atoms with Crippen LogP contribution in [0.1, 0.15) is 101 Å². The molecule has 17 amide bonds. The number of hydrogen-bond donors (Lipinski definition) is 32. The lowest BCUT2D eigenvalue weighted by Crippen LogP contribution is -2.62. The molecule has 0 spiro atoms. The van der Waals surface area contributed by atoms with Crippen LogP contribution in [-0.4, -0.2) is 281 Å². The number of nitrogens with two attached hydrogens (primary N) is 5. The van der Waals surface area contributed by atoms with Crippen LogP contribution >= 0.6 is 25.3 Å². The predicted octanol–water partition coefficient (Wildman–Crippen LogP) is -8.57. The van der Waals surface area contributed by atoms with Gasteiger partial charge in [0.2, 0.25) is 100 Å². The number of carbonyl (C=O) groups is 18. The highest BCUT2D eigenvalue weighted by molar-refractivity contribution is 7.80. The maximum absolute atomic E-state index is 15.3. The van der Waals surface area contributed by atoms with Crippen molar-refractivity contribution in [2.45, 2.75) is 195 Å². The average Bonchev–Trinajstić information content (AvgIpc) is 1.67. The van der Waals surface area contributed by atoms with Crippen LogP contribution in [0.15, 0.2) is 97.7 Å². The van der Waals surface area contributed by atoms with Gasteiger partial charge < -0.3 is 149 Å². The Morgan fingerprint density at radius 3 is 1.22 bits per heavy atom. The van der Waals surface area contributed by atoms with Crippen molar-refractivity contribution in [1.29, 1.82) is 10.8 Å². The number of aliphatic hydroxyl groups excluding tert-OH is 2. The number of aromatic amines is 3. The normalized spacial score (nSPS) is 14.5. The van der Waals surface area contributed by atoms with E-state index in [0.29, 0.717) is 32.9 Å². The number of carboxylic acid groups (broad SMARTS) is 1. The zero-order valence-electron chi connectivity index (χ0n) is 72.0. The van der Waals surface area contributed by atoms with Gasteiger partial charge in [0.1, 0.15) is 84.3 Å². The molecule has 0 fully saturated rings. The molecule has 132 heavy (non-hydrogen) atoms. The number of nitrogens with zero attached hydrogens (tertiary/aromatic N) is 1. The number of aromatic nitrogens is 4. The molecule has 3 aromatic carbocycles. The molecule has 716 valence electrons. The van der Waals surface area contributed by atoms with E-state index in [1.807, 2.05) is 0 Å². The first-order chi connectivity index (χ1) is 62.5. The predicted molar refractivity (Wildman–Crippen MR) is 480 cm³/mol. The van der Waals surface area contributed by atoms with Crippen LogP contribution in [0, 0.1) is 10.8 Å². The van der Waals surface area contributed by atoms with Crippen molar-refractivity contribution >= 4 is 165 Å². The van der Waals surface area contributed by atoms with Gasteiger partial charge in [-0.15, -0.1) is 0 Å². The average molecular weight is 1880 g/mol. The third kappa shape index (κ3) is 35.1. The minimum atomic E-state index is -1.99. The fourth-order valence-corrected chi connectivity index (χ4v) is 13.9. The molecule has 15 atom stereocenters. The number of nitrogens with one attached hydrogen (secondary N) is 21. The van der Waals surface area contributed by atoms with Crippen molar-refractivity contribution in [2.24, 2.45) is 28.7 Å². The largest absolute Gasteiger partial charge is 0.508 e. The van der Waals surface area contributed by atoms with E-state index in [-0.39, 0.29) is 73.9 Å². The topological polar surface area (TPSA) is 819 Å². The quantitative estimate of drug-likeness (QED) is 0.00730. The van der Waals surface area contributed by atoms with Crippen molar-refractivity contribution in [3.8, 4) is 5.75 Å². The molecule has 0 aliphatic heterocycles. The molecule has 0 saturated carbocycles. The molecule has 0 bridgehead atoms. The van der Waals surface area contributed by atoms with E-state index in [9.17, 15) is 97.1 Å². The summed E-state index contributed by atoms with van der Waals surface area (Å²) in [5.74, 6) is -21.8. The van der Waals surface area contributed by atoms with Gasteiger partial charge in [0.05, 0.1) is 31.5 Å². The van der Waals surface area contributed by atoms with Gasteiger partial charge in [-0.1, -0.05) is 48.5 Å². The lowest BCUT2D eigenvalue weighted by atomic mass is 10.0. The van der Waals surface area contributed by atoms with Gasteiger partial charge in [0.25, 0.3) is 0 Å². The molecule has 6 rings (SSSR count). The first kappa shape index (κ1) is 106. The maximum Gasteiger partial charge on any atom is 0.305 e. The number of phenols is 1. The zero-order chi connectivity index (χ0) is 97.6. The van der Waals surface area contributed by atoms with E-state index in [2.05, 4.69) is 130 Å². The highest BCUT2D eigenvalue weighted by Gasteiger charge is 2.40. The number of benzene rings is 3. The highest BCUT2D eigenvalue weighted by Crippen LogP contribution is 2.23. The van der Waals surface area contributed by atoms with E-state index in [1.165, 1.54) is 49.2 Å². The number of para-hydroxylation sites is 2. The number of aliphatic hydroxyl groups is 2. The number of thiol groups is 2. The number of aromatic hydroxyl groups is 1. The number of amides is 17. The summed E-state index contributed by atoms with van der Waals surface area (Å²) < 4.78 is 0. The Bertz CT molecular complexity index is 5090. The summed E-state index contributed by atoms with van der Waals surface area (Å²) >= 11 is 8.46. The van der Waals surface area contributed by atoms with Crippen LogP contribution in [0.5, 0.6) is 5.75 Å². The molecule has 0 aliphatic carbocycles. The monoisotopic (exact) mass is 1880 g/mol. The number of phenolic OH excluding ortho intramolecular Hbond substituents is 1. The molecule has 49 nitrogen and oxygen atoms in total. The Balaban J connectivity index is 1.28. The van der Waals surface area contributed by atoms with Gasteiger partial charge in [-0.25, -0.2) is 4.98 Å². The summed E-state index contributed by atoms with van der Waals surface area (Å²) in [5, 5.41) is 97.5. The van der Waals surface area contributed by atoms with Crippen LogP contribution < -0.4 is 114 Å². The Morgan fingerprint density at radius 2 is 0.803 bits per heavy atom. The summed E-state index contributed by atoms with van der Waals surface area (Å²) in [6.07, 6.45) is -3.18. The van der Waals surface area contributed by atoms with E-state index in [4.69, 9.17) is 39.5 Å². The number of guanidine groups is 2. The van der Waals surface area contributed by atoms with Crippen LogP contribution in [0.25, 0.3) is 21.8 Å². The number of fused-ring (bicyclic) bond motifs is 2. The lowest BCUT2D eigenvalue weighted by Gasteiger charge is -2.29. The standard InChI is InChI=1S/C81H113N27O22S2/c1-38(109)65(108-71(122)53(21-23-62(83)114)101-76(127)59(35-131)96-40(3)111)78(129)104-56(28-43-32-93-49-13-7-5-11-47(43)49)74(125)100-52(20-22-61(82)113)69(120)106-60(36-132)77(128)102-54(26-41-16-18-45(112)19-17-41)72(123)103-55(27-42-31-92-48-12-6-4-10-46(42)48)73(124)99-51(15-9-25-91-81(87)88)70(121)107-66(39(2)110)79(130)105-57(29-44-33-89-37-95-44)68(119)94-34-63(115)97-58(30-64(116)117)75(126)98-50(67(84)118)14-8-24-90-80(85)86/h4-7,10-13,16-19,31-33,37-39,50-60,65-66,92-93,109-110,112,131-132H,8-9,14-15,20-30,34-36H2,1-3H3,(H2,82,113)(H2,83,114)(H2,84,118)(H,89,95)(H,94,119)(H,96,111)(H,97,115)(H,98,126)(H,99,124)(H,100,125)(H,101,127)(H,102,128)(H,103,123)(H,104,129)(H,105,130)(H,106,120)(H,107,121)(H,108,122)(H,116,117)(H4,85,86,90)(H4,87,88,91)/t38-,39-,50+,51+,52+,53+,54+,55+,56+,57+,58+,59+,60+,65+,66+/m1/s1. The molecule has 35 N–H and O–H groups in total. The molecule has 3 heterocycles. The Morgan fingerprint density at radius 1 is 0.424 bits per heavy atom. The molecule has 0 radical (unpaired) electrons. The minimum Gasteiger partial charge on any atom is -0.508 e. The third-order valence-corrected chi connectivity index (χ3v) is 21.0. The van der Waals surface area contributed by atoms with Crippen LogP contribution in [0.3, 0.4) is 0 Å². The minimum absolute atomic E-state index is 0.0719. The van der Waals surface area contributed by atoms with Gasteiger partial charge >= 0.3 is 5.97 Å². The second kappa shape index (κ2) is 52.7. The number of H-pyrrole nitrogens is 3. The van der Waals surface area contributed by atoms with Gasteiger partial charge in [0.15, 0.2) is 11.9 Å². The fourth-order valence-electron chi connectivity index (χ4n) is 13.4. The molecular weight excluding hydrogens is 1770 g/mol. The molecule has 6 aromatic rings. The zero-order valence-corrected chi connectivity index (χ0v) is 73.8. The third-order valence-electron chi connectivity index (χ3n) is 20.2. The number of aliphatic carboxylic acids is 1. The summed E-state index contributed by atoms with van der Waals surface area (Å²) in [6, 6.07) is -3.47. The summed E-state index contributed by atoms with van der Waals surface area (Å²) in [7, 11) is 0. The van der Waals surface area contributed by atoms with E-state index in [0.717, 1.165) is 20.8 Å². The Kier molecular flexibility index (Phi) is 42.4. The molecule has 0 unspecified atom stereocenters. The van der Waals surface area contributed by atoms with Gasteiger partial charge in [-0.05, 0) is 93.3 Å². The van der Waals surface area contributed by atoms with Gasteiger partial charge in [-0.2, -0.15) is 25.3 Å². The number of hydrogen-bond acceptors (Lipinski definition) is 26. The van der Waals surface area contributed by atoms with Crippen molar-refractivity contribution in [1.82, 2.24) is 105 Å². The highest BCUT2D eigenvalue weighted by atomic mass is 32.1. The van der Waals surface area contributed by atoms with Crippen LogP contribution in [0.2, 0.25) is 0 Å². The van der Waals surface area contributed by atoms with Crippen LogP contribution in [-0.2, 0) is 112 Å². The molecular formula is C81H113N27O22S2. The van der Waals surface area contributed by atoms with E-state index in [1.54, 1.807) is 48.5 Å². The SMILES string of the molecule is CC(=O)N[C@@H](CS)C(=O)N[C@@H](CCC(N)=O)C(=O)N[C@H](C(=O)N[C@@H](Cc1c[nH]c2ccccc12)C(=O)N[C@@H](CCC(N)=O)C(=O)N[C@@H](CS)C(=O)N[C@@H](Cc1ccc(O)cc1)C(=O)N[C@@H](Cc1c[nH]c2ccccc12)C(=O)N[C@@H](CCCNC(=N)N)C(=O)N[C@H](C(=O)N[C@@H](Cc1cnc[nH]1)C(=O)NCC(=O)N[C@@H](CC(=O)O)C(=O)N[C@@H](CCCNC(=N)N)C(N)=O)[C@@H](C)O)[C@@H](C)O. The first-order valence-corrected chi connectivity index (χ1v) is 42.7. The van der Waals surface area contributed by atoms with Crippen LogP contribution in [0.4, 0.5) is 0 Å². The number of carboxylic acids is 1. The number of carbonyl (C=O) groups excluding carboxylic acids is 17. The summed E-state index contributed by atoms with van der Waals surface area (Å²) in [5.41, 5.74) is 29.7. The Labute approximate surface area is 765 Å². The smallest absolute Gasteiger partial charge is 0.305 e.